The monoisotopic (exact) mass is 261 g/mol. The zero-order valence-electron chi connectivity index (χ0n) is 10.5. The van der Waals surface area contributed by atoms with E-state index in [0.29, 0.717) is 30.0 Å². The van der Waals surface area contributed by atoms with Gasteiger partial charge in [0.15, 0.2) is 5.82 Å². The minimum atomic E-state index is -0.216. The molecule has 100 valence electrons. The third-order valence-corrected chi connectivity index (χ3v) is 2.50. The van der Waals surface area contributed by atoms with Gasteiger partial charge in [-0.15, -0.1) is 0 Å². The molecule has 0 aliphatic carbocycles. The highest BCUT2D eigenvalue weighted by molar-refractivity contribution is 5.99. The van der Waals surface area contributed by atoms with Gasteiger partial charge in [0, 0.05) is 26.2 Å². The summed E-state index contributed by atoms with van der Waals surface area (Å²) in [7, 11) is 1.80. The zero-order chi connectivity index (χ0) is 13.7. The summed E-state index contributed by atoms with van der Waals surface area (Å²) in [5.41, 5.74) is 3.37. The smallest absolute Gasteiger partial charge is 0.253 e. The summed E-state index contributed by atoms with van der Waals surface area (Å²) < 4.78 is 1.62. The number of nitrogens with zero attached hydrogens (tertiary/aromatic N) is 4. The summed E-state index contributed by atoms with van der Waals surface area (Å²) in [6, 6.07) is 1.60. The lowest BCUT2D eigenvalue weighted by atomic mass is 10.2. The van der Waals surface area contributed by atoms with Crippen LogP contribution in [0.25, 0.3) is 0 Å². The first-order chi connectivity index (χ1) is 9.20. The van der Waals surface area contributed by atoms with E-state index in [9.17, 15) is 4.79 Å². The number of nitrogens with one attached hydrogen (secondary N) is 2. The van der Waals surface area contributed by atoms with Crippen LogP contribution >= 0.6 is 0 Å². The molecule has 2 heterocycles. The van der Waals surface area contributed by atoms with Crippen LogP contribution in [0.3, 0.4) is 0 Å². The van der Waals surface area contributed by atoms with E-state index in [0.717, 1.165) is 0 Å². The third-order valence-electron chi connectivity index (χ3n) is 2.50. The Morgan fingerprint density at radius 2 is 2.37 bits per heavy atom. The number of aromatic nitrogens is 4. The fourth-order valence-corrected chi connectivity index (χ4v) is 1.59. The Labute approximate surface area is 110 Å². The lowest BCUT2D eigenvalue weighted by Crippen LogP contribution is -2.27. The van der Waals surface area contributed by atoms with Crippen LogP contribution in [0.2, 0.25) is 0 Å². The van der Waals surface area contributed by atoms with E-state index in [4.69, 9.17) is 5.84 Å². The Morgan fingerprint density at radius 3 is 3.05 bits per heavy atom. The van der Waals surface area contributed by atoms with Crippen LogP contribution < -0.4 is 16.6 Å². The molecule has 4 N–H and O–H groups in total. The van der Waals surface area contributed by atoms with Crippen molar-refractivity contribution in [2.75, 3.05) is 12.0 Å². The normalized spacial score (nSPS) is 10.2. The summed E-state index contributed by atoms with van der Waals surface area (Å²) in [5, 5.41) is 6.91. The van der Waals surface area contributed by atoms with E-state index < -0.39 is 0 Å². The van der Waals surface area contributed by atoms with Crippen LogP contribution in [0.15, 0.2) is 24.8 Å². The van der Waals surface area contributed by atoms with Crippen LogP contribution in [0.4, 0.5) is 5.69 Å². The Bertz CT molecular complexity index is 566. The van der Waals surface area contributed by atoms with Crippen molar-refractivity contribution in [2.45, 2.75) is 6.42 Å². The SMILES string of the molecule is Cn1cnc(CCNC(=O)c2ccncc2NN)n1. The van der Waals surface area contributed by atoms with Crippen LogP contribution in [0.1, 0.15) is 16.2 Å². The molecule has 0 saturated carbocycles. The number of anilines is 1. The predicted octanol–water partition coefficient (Wildman–Crippen LogP) is -0.532. The van der Waals surface area contributed by atoms with Gasteiger partial charge in [-0.3, -0.25) is 20.3 Å². The van der Waals surface area contributed by atoms with E-state index in [1.807, 2.05) is 0 Å². The zero-order valence-corrected chi connectivity index (χ0v) is 10.5. The number of amides is 1. The highest BCUT2D eigenvalue weighted by atomic mass is 16.1. The molecule has 2 aromatic heterocycles. The standard InChI is InChI=1S/C11H15N7O/c1-18-7-15-10(17-18)3-5-14-11(19)8-2-4-13-6-9(8)16-12/h2,4,6-7,16H,3,5,12H2,1H3,(H,14,19). The molecule has 0 aliphatic heterocycles. The average molecular weight is 261 g/mol. The second kappa shape index (κ2) is 5.91. The number of rotatable bonds is 5. The maximum atomic E-state index is 11.9. The molecule has 0 aliphatic rings. The quantitative estimate of drug-likeness (QED) is 0.493. The summed E-state index contributed by atoms with van der Waals surface area (Å²) >= 11 is 0. The minimum absolute atomic E-state index is 0.216. The van der Waals surface area contributed by atoms with Gasteiger partial charge in [-0.05, 0) is 6.07 Å². The largest absolute Gasteiger partial charge is 0.352 e. The lowest BCUT2D eigenvalue weighted by molar-refractivity contribution is 0.0954. The molecule has 8 heteroatoms. The summed E-state index contributed by atoms with van der Waals surface area (Å²) in [5.74, 6) is 5.79. The molecular weight excluding hydrogens is 246 g/mol. The van der Waals surface area contributed by atoms with Crippen molar-refractivity contribution < 1.29 is 4.79 Å². The Hall–Kier alpha value is -2.48. The lowest BCUT2D eigenvalue weighted by Gasteiger charge is -2.08. The van der Waals surface area contributed by atoms with Gasteiger partial charge in [-0.25, -0.2) is 4.98 Å². The second-order valence-electron chi connectivity index (χ2n) is 3.91. The van der Waals surface area contributed by atoms with Crippen LogP contribution in [0.5, 0.6) is 0 Å². The van der Waals surface area contributed by atoms with Gasteiger partial charge in [0.2, 0.25) is 0 Å². The van der Waals surface area contributed by atoms with E-state index in [1.54, 1.807) is 24.1 Å². The van der Waals surface area contributed by atoms with E-state index >= 15 is 0 Å². The number of nitrogen functional groups attached to an aromatic ring is 1. The summed E-state index contributed by atoms with van der Waals surface area (Å²) in [4.78, 5) is 19.9. The number of carbonyl (C=O) groups excluding carboxylic acids is 1. The van der Waals surface area contributed by atoms with Crippen molar-refractivity contribution in [1.82, 2.24) is 25.1 Å². The van der Waals surface area contributed by atoms with Gasteiger partial charge in [-0.1, -0.05) is 0 Å². The number of hydrogen-bond acceptors (Lipinski definition) is 6. The maximum Gasteiger partial charge on any atom is 0.253 e. The number of pyridine rings is 1. The summed E-state index contributed by atoms with van der Waals surface area (Å²) in [6.45, 7) is 0.454. The first-order valence-electron chi connectivity index (χ1n) is 5.74. The number of hydrazine groups is 1. The van der Waals surface area contributed by atoms with Crippen molar-refractivity contribution in [1.29, 1.82) is 0 Å². The predicted molar refractivity (Wildman–Crippen MR) is 69.1 cm³/mol. The Balaban J connectivity index is 1.90. The van der Waals surface area contributed by atoms with Gasteiger partial charge < -0.3 is 10.7 Å². The van der Waals surface area contributed by atoms with Gasteiger partial charge in [0.05, 0.1) is 17.4 Å². The first-order valence-corrected chi connectivity index (χ1v) is 5.74. The molecule has 0 unspecified atom stereocenters. The van der Waals surface area contributed by atoms with E-state index in [1.165, 1.54) is 12.4 Å². The minimum Gasteiger partial charge on any atom is -0.352 e. The Morgan fingerprint density at radius 1 is 1.53 bits per heavy atom. The molecule has 0 atom stereocenters. The van der Waals surface area contributed by atoms with Gasteiger partial charge >= 0.3 is 0 Å². The van der Waals surface area contributed by atoms with Crippen molar-refractivity contribution in [2.24, 2.45) is 12.9 Å². The van der Waals surface area contributed by atoms with Crippen molar-refractivity contribution in [3.05, 3.63) is 36.2 Å². The average Bonchev–Trinajstić information content (AvgIpc) is 2.84. The molecule has 0 radical (unpaired) electrons. The van der Waals surface area contributed by atoms with Gasteiger partial charge in [-0.2, -0.15) is 5.10 Å². The molecule has 8 nitrogen and oxygen atoms in total. The van der Waals surface area contributed by atoms with Crippen molar-refractivity contribution in [3.63, 3.8) is 0 Å². The third kappa shape index (κ3) is 3.26. The molecular formula is C11H15N7O. The molecule has 2 aromatic rings. The summed E-state index contributed by atoms with van der Waals surface area (Å²) in [6.07, 6.45) is 5.23. The van der Waals surface area contributed by atoms with Gasteiger partial charge in [0.25, 0.3) is 5.91 Å². The fourth-order valence-electron chi connectivity index (χ4n) is 1.59. The number of carbonyl (C=O) groups is 1. The first kappa shape index (κ1) is 13.0. The number of hydrogen-bond donors (Lipinski definition) is 3. The molecule has 2 rings (SSSR count). The number of nitrogens with two attached hydrogens (primary N) is 1. The molecule has 19 heavy (non-hydrogen) atoms. The molecule has 0 aromatic carbocycles. The highest BCUT2D eigenvalue weighted by Gasteiger charge is 2.10. The van der Waals surface area contributed by atoms with Crippen molar-refractivity contribution >= 4 is 11.6 Å². The Kier molecular flexibility index (Phi) is 4.04. The topological polar surface area (TPSA) is 111 Å². The van der Waals surface area contributed by atoms with Crippen molar-refractivity contribution in [3.8, 4) is 0 Å². The van der Waals surface area contributed by atoms with Crippen LogP contribution in [0, 0.1) is 0 Å². The molecule has 0 bridgehead atoms. The molecule has 0 spiro atoms. The van der Waals surface area contributed by atoms with E-state index in [-0.39, 0.29) is 5.91 Å². The highest BCUT2D eigenvalue weighted by Crippen LogP contribution is 2.11. The van der Waals surface area contributed by atoms with Crippen LogP contribution in [-0.2, 0) is 13.5 Å². The van der Waals surface area contributed by atoms with Crippen LogP contribution in [-0.4, -0.2) is 32.2 Å². The number of aryl methyl sites for hydroxylation is 1. The molecule has 0 saturated heterocycles. The van der Waals surface area contributed by atoms with Gasteiger partial charge in [0.1, 0.15) is 6.33 Å². The van der Waals surface area contributed by atoms with E-state index in [2.05, 4.69) is 25.8 Å². The molecule has 1 amide bonds. The molecule has 0 fully saturated rings. The fraction of sp³-hybridized carbons (Fsp3) is 0.273. The second-order valence-corrected chi connectivity index (χ2v) is 3.91. The maximum absolute atomic E-state index is 11.9.